The van der Waals surface area contributed by atoms with Gasteiger partial charge in [-0.05, 0) is 19.3 Å². The predicted molar refractivity (Wildman–Crippen MR) is 63.0 cm³/mol. The van der Waals surface area contributed by atoms with E-state index >= 15 is 0 Å². The van der Waals surface area contributed by atoms with Crippen molar-refractivity contribution in [2.45, 2.75) is 32.3 Å². The van der Waals surface area contributed by atoms with Crippen LogP contribution in [0.1, 0.15) is 26.2 Å². The molecular weight excluding hydrogens is 240 g/mol. The zero-order chi connectivity index (χ0) is 14.1. The topological polar surface area (TPSA) is 101 Å². The summed E-state index contributed by atoms with van der Waals surface area (Å²) in [7, 11) is 0. The Morgan fingerprint density at radius 2 is 1.89 bits per heavy atom. The molecule has 0 saturated heterocycles. The number of carboxylic acid groups (broad SMARTS) is 2. The van der Waals surface area contributed by atoms with E-state index in [2.05, 4.69) is 6.58 Å². The largest absolute Gasteiger partial charge is 0.478 e. The summed E-state index contributed by atoms with van der Waals surface area (Å²) in [5.74, 6) is -2.70. The molecule has 6 heteroatoms. The van der Waals surface area contributed by atoms with Crippen molar-refractivity contribution >= 4 is 17.9 Å². The summed E-state index contributed by atoms with van der Waals surface area (Å²) in [4.78, 5) is 30.4. The van der Waals surface area contributed by atoms with Gasteiger partial charge in [0.25, 0.3) is 0 Å². The third-order valence-corrected chi connectivity index (χ3v) is 1.93. The number of carbonyl (C=O) groups is 3. The smallest absolute Gasteiger partial charge is 0.331 e. The number of aliphatic carboxylic acids is 2. The van der Waals surface area contributed by atoms with Crippen LogP contribution in [0, 0.1) is 0 Å². The van der Waals surface area contributed by atoms with Crippen molar-refractivity contribution < 1.29 is 29.3 Å². The van der Waals surface area contributed by atoms with Crippen LogP contribution in [0.4, 0.5) is 0 Å². The summed E-state index contributed by atoms with van der Waals surface area (Å²) in [5, 5.41) is 16.4. The predicted octanol–water partition coefficient (Wildman–Crippen LogP) is 1.37. The van der Waals surface area contributed by atoms with Crippen LogP contribution in [-0.2, 0) is 19.1 Å². The number of carboxylic acids is 2. The number of hydrogen-bond acceptors (Lipinski definition) is 4. The molecule has 0 unspecified atom stereocenters. The molecule has 0 aliphatic heterocycles. The SMILES string of the molecule is C=CC(=O)OC1CC1.CC/C(=C/C(=O)O)C(=O)O. The van der Waals surface area contributed by atoms with E-state index < -0.39 is 11.9 Å². The molecule has 0 heterocycles. The fourth-order valence-corrected chi connectivity index (χ4v) is 0.862. The molecule has 18 heavy (non-hydrogen) atoms. The Morgan fingerprint density at radius 1 is 1.33 bits per heavy atom. The molecule has 0 aromatic rings. The van der Waals surface area contributed by atoms with Gasteiger partial charge in [0.15, 0.2) is 0 Å². The van der Waals surface area contributed by atoms with Crippen LogP contribution in [0.3, 0.4) is 0 Å². The van der Waals surface area contributed by atoms with E-state index in [4.69, 9.17) is 14.9 Å². The Labute approximate surface area is 105 Å². The monoisotopic (exact) mass is 256 g/mol. The van der Waals surface area contributed by atoms with Crippen LogP contribution in [-0.4, -0.2) is 34.2 Å². The molecule has 0 radical (unpaired) electrons. The number of carbonyl (C=O) groups excluding carboxylic acids is 1. The van der Waals surface area contributed by atoms with Crippen LogP contribution >= 0.6 is 0 Å². The average molecular weight is 256 g/mol. The number of hydrogen-bond donors (Lipinski definition) is 2. The fourth-order valence-electron chi connectivity index (χ4n) is 0.862. The van der Waals surface area contributed by atoms with Crippen molar-refractivity contribution in [1.82, 2.24) is 0 Å². The highest BCUT2D eigenvalue weighted by Crippen LogP contribution is 2.23. The van der Waals surface area contributed by atoms with E-state index in [-0.39, 0.29) is 24.1 Å². The van der Waals surface area contributed by atoms with Gasteiger partial charge in [-0.1, -0.05) is 13.5 Å². The van der Waals surface area contributed by atoms with Crippen molar-refractivity contribution in [3.8, 4) is 0 Å². The Hall–Kier alpha value is -2.11. The summed E-state index contributed by atoms with van der Waals surface area (Å²) in [5.41, 5.74) is -0.0903. The summed E-state index contributed by atoms with van der Waals surface area (Å²) < 4.78 is 4.75. The first kappa shape index (κ1) is 15.9. The molecular formula is C12H16O6. The zero-order valence-corrected chi connectivity index (χ0v) is 10.1. The molecule has 0 aromatic carbocycles. The lowest BCUT2D eigenvalue weighted by molar-refractivity contribution is -0.139. The van der Waals surface area contributed by atoms with E-state index in [1.54, 1.807) is 6.92 Å². The third-order valence-electron chi connectivity index (χ3n) is 1.93. The molecule has 2 N–H and O–H groups in total. The van der Waals surface area contributed by atoms with Crippen LogP contribution in [0.5, 0.6) is 0 Å². The van der Waals surface area contributed by atoms with Gasteiger partial charge in [-0.25, -0.2) is 14.4 Å². The highest BCUT2D eigenvalue weighted by atomic mass is 16.5. The van der Waals surface area contributed by atoms with Gasteiger partial charge in [-0.3, -0.25) is 0 Å². The van der Waals surface area contributed by atoms with Crippen LogP contribution < -0.4 is 0 Å². The lowest BCUT2D eigenvalue weighted by Gasteiger charge is -1.93. The molecule has 0 aromatic heterocycles. The molecule has 100 valence electrons. The molecule has 0 bridgehead atoms. The summed E-state index contributed by atoms with van der Waals surface area (Å²) >= 11 is 0. The van der Waals surface area contributed by atoms with Crippen LogP contribution in [0.25, 0.3) is 0 Å². The molecule has 1 aliphatic rings. The van der Waals surface area contributed by atoms with E-state index in [0.717, 1.165) is 12.8 Å². The molecule has 0 spiro atoms. The Bertz CT molecular complexity index is 365. The van der Waals surface area contributed by atoms with Gasteiger partial charge in [0, 0.05) is 17.7 Å². The lowest BCUT2D eigenvalue weighted by atomic mass is 10.2. The maximum Gasteiger partial charge on any atom is 0.331 e. The van der Waals surface area contributed by atoms with Gasteiger partial charge in [-0.15, -0.1) is 0 Å². The Morgan fingerprint density at radius 3 is 2.11 bits per heavy atom. The van der Waals surface area contributed by atoms with E-state index in [1.165, 1.54) is 6.08 Å². The summed E-state index contributed by atoms with van der Waals surface area (Å²) in [6.07, 6.45) is 4.38. The fraction of sp³-hybridized carbons (Fsp3) is 0.417. The van der Waals surface area contributed by atoms with Crippen LogP contribution in [0.15, 0.2) is 24.3 Å². The van der Waals surface area contributed by atoms with Crippen molar-refractivity contribution in [2.75, 3.05) is 0 Å². The molecule has 6 nitrogen and oxygen atoms in total. The standard InChI is InChI=1S/C6H8O4.C6H8O2/c1-2-4(6(9)10)3-5(7)8;1-2-6(7)8-5-3-4-5/h3H,2H2,1H3,(H,7,8)(H,9,10);2,5H,1,3-4H2/b4-3-;. The van der Waals surface area contributed by atoms with E-state index in [0.29, 0.717) is 6.08 Å². The molecule has 0 amide bonds. The summed E-state index contributed by atoms with van der Waals surface area (Å²) in [6.45, 7) is 4.85. The third kappa shape index (κ3) is 8.09. The van der Waals surface area contributed by atoms with Crippen molar-refractivity contribution in [3.05, 3.63) is 24.3 Å². The molecule has 0 atom stereocenters. The second-order valence-electron chi connectivity index (χ2n) is 3.51. The first-order chi connectivity index (χ1) is 8.40. The minimum Gasteiger partial charge on any atom is -0.478 e. The van der Waals surface area contributed by atoms with Gasteiger partial charge in [0.1, 0.15) is 6.10 Å². The highest BCUT2D eigenvalue weighted by molar-refractivity contribution is 5.94. The van der Waals surface area contributed by atoms with Crippen molar-refractivity contribution in [3.63, 3.8) is 0 Å². The summed E-state index contributed by atoms with van der Waals surface area (Å²) in [6, 6.07) is 0. The molecule has 1 rings (SSSR count). The first-order valence-electron chi connectivity index (χ1n) is 5.40. The minimum atomic E-state index is -1.22. The van der Waals surface area contributed by atoms with Gasteiger partial charge >= 0.3 is 17.9 Å². The van der Waals surface area contributed by atoms with Crippen molar-refractivity contribution in [2.24, 2.45) is 0 Å². The number of rotatable bonds is 5. The molecule has 1 fully saturated rings. The highest BCUT2D eigenvalue weighted by Gasteiger charge is 2.24. The zero-order valence-electron chi connectivity index (χ0n) is 10.1. The minimum absolute atomic E-state index is 0.0903. The second-order valence-corrected chi connectivity index (χ2v) is 3.51. The number of ether oxygens (including phenoxy) is 1. The van der Waals surface area contributed by atoms with Gasteiger partial charge in [0.2, 0.25) is 0 Å². The van der Waals surface area contributed by atoms with Gasteiger partial charge < -0.3 is 14.9 Å². The maximum atomic E-state index is 10.3. The Kier molecular flexibility index (Phi) is 7.11. The number of esters is 1. The maximum absolute atomic E-state index is 10.3. The molecule has 1 aliphatic carbocycles. The van der Waals surface area contributed by atoms with Gasteiger partial charge in [-0.2, -0.15) is 0 Å². The Balaban J connectivity index is 0.000000327. The quantitative estimate of drug-likeness (QED) is 0.569. The van der Waals surface area contributed by atoms with Crippen LogP contribution in [0.2, 0.25) is 0 Å². The second kappa shape index (κ2) is 8.05. The van der Waals surface area contributed by atoms with Gasteiger partial charge in [0.05, 0.1) is 0 Å². The lowest BCUT2D eigenvalue weighted by Crippen LogP contribution is -2.02. The normalized spacial score (nSPS) is 13.9. The average Bonchev–Trinajstić information content (AvgIpc) is 3.09. The van der Waals surface area contributed by atoms with E-state index in [9.17, 15) is 14.4 Å². The van der Waals surface area contributed by atoms with E-state index in [1.807, 2.05) is 0 Å². The van der Waals surface area contributed by atoms with Crippen molar-refractivity contribution in [1.29, 1.82) is 0 Å². The first-order valence-corrected chi connectivity index (χ1v) is 5.40. The molecule has 1 saturated carbocycles.